The maximum Gasteiger partial charge on any atom is 0.222 e. The van der Waals surface area contributed by atoms with Crippen LogP contribution in [0.4, 0.5) is 5.69 Å². The van der Waals surface area contributed by atoms with Crippen molar-refractivity contribution in [3.63, 3.8) is 0 Å². The van der Waals surface area contributed by atoms with E-state index in [2.05, 4.69) is 28.4 Å². The van der Waals surface area contributed by atoms with E-state index < -0.39 is 0 Å². The molecule has 1 heterocycles. The van der Waals surface area contributed by atoms with Crippen LogP contribution in [0.5, 0.6) is 5.88 Å². The first kappa shape index (κ1) is 18.2. The highest BCUT2D eigenvalue weighted by Gasteiger charge is 2.12. The van der Waals surface area contributed by atoms with Gasteiger partial charge in [-0.15, -0.1) is 0 Å². The average Bonchev–Trinajstić information content (AvgIpc) is 2.66. The van der Waals surface area contributed by atoms with Gasteiger partial charge in [-0.3, -0.25) is 15.2 Å². The molecule has 0 atom stereocenters. The molecule has 1 amide bonds. The Morgan fingerprint density at radius 1 is 1.32 bits per heavy atom. The van der Waals surface area contributed by atoms with Gasteiger partial charge in [0, 0.05) is 18.7 Å². The van der Waals surface area contributed by atoms with Crippen LogP contribution in [0, 0.1) is 11.3 Å². The summed E-state index contributed by atoms with van der Waals surface area (Å²) in [5, 5.41) is 10.7. The lowest BCUT2D eigenvalue weighted by atomic mass is 10.0. The van der Waals surface area contributed by atoms with Crippen molar-refractivity contribution < 1.29 is 9.53 Å². The van der Waals surface area contributed by atoms with E-state index in [1.165, 1.54) is 0 Å². The highest BCUT2D eigenvalue weighted by Crippen LogP contribution is 2.24. The van der Waals surface area contributed by atoms with Crippen LogP contribution in [-0.4, -0.2) is 18.4 Å². The molecule has 0 saturated heterocycles. The highest BCUT2D eigenvalue weighted by molar-refractivity contribution is 5.55. The van der Waals surface area contributed by atoms with Crippen molar-refractivity contribution >= 4 is 12.1 Å². The predicted molar refractivity (Wildman–Crippen MR) is 93.0 cm³/mol. The first-order chi connectivity index (χ1) is 12.2. The van der Waals surface area contributed by atoms with Gasteiger partial charge in [-0.2, -0.15) is 16.3 Å². The first-order valence-corrected chi connectivity index (χ1v) is 7.73. The van der Waals surface area contributed by atoms with Crippen molar-refractivity contribution in [2.45, 2.75) is 20.0 Å². The lowest BCUT2D eigenvalue weighted by molar-refractivity contribution is -0.110. The fourth-order valence-corrected chi connectivity index (χ4v) is 2.34. The SMILES string of the molecule is CCc1cccc(N(C)NNNC=O)c1COc1cccc(C#N)n1. The second kappa shape index (κ2) is 9.22. The van der Waals surface area contributed by atoms with Crippen molar-refractivity contribution in [2.75, 3.05) is 12.1 Å². The van der Waals surface area contributed by atoms with Gasteiger partial charge in [0.2, 0.25) is 12.3 Å². The van der Waals surface area contributed by atoms with Gasteiger partial charge >= 0.3 is 0 Å². The standard InChI is InChI=1S/C17H20N6O2/c1-3-13-6-4-8-16(23(2)22-21-19-12-24)15(13)11-25-17-9-5-7-14(10-18)20-17/h4-9,12,21-22H,3,11H2,1-2H3,(H,19,24). The van der Waals surface area contributed by atoms with Crippen LogP contribution in [-0.2, 0) is 17.8 Å². The number of nitrogens with one attached hydrogen (secondary N) is 3. The summed E-state index contributed by atoms with van der Waals surface area (Å²) in [5.41, 5.74) is 11.0. The molecular formula is C17H20N6O2. The Morgan fingerprint density at radius 3 is 2.84 bits per heavy atom. The molecule has 8 nitrogen and oxygen atoms in total. The van der Waals surface area contributed by atoms with Crippen molar-refractivity contribution in [1.82, 2.24) is 21.5 Å². The Labute approximate surface area is 146 Å². The van der Waals surface area contributed by atoms with Gasteiger partial charge in [0.1, 0.15) is 18.4 Å². The van der Waals surface area contributed by atoms with Gasteiger partial charge in [-0.05, 0) is 24.1 Å². The summed E-state index contributed by atoms with van der Waals surface area (Å²) in [6, 6.07) is 13.0. The van der Waals surface area contributed by atoms with Crippen molar-refractivity contribution in [3.8, 4) is 11.9 Å². The number of hydrogen-bond acceptors (Lipinski definition) is 7. The summed E-state index contributed by atoms with van der Waals surface area (Å²) >= 11 is 0. The number of anilines is 1. The zero-order valence-corrected chi connectivity index (χ0v) is 14.1. The molecule has 130 valence electrons. The molecule has 25 heavy (non-hydrogen) atoms. The minimum absolute atomic E-state index is 0.300. The molecule has 0 aliphatic rings. The van der Waals surface area contributed by atoms with E-state index in [1.807, 2.05) is 31.3 Å². The Bertz CT molecular complexity index is 759. The summed E-state index contributed by atoms with van der Waals surface area (Å²) in [7, 11) is 1.81. The molecule has 1 aromatic heterocycles. The quantitative estimate of drug-likeness (QED) is 0.358. The molecule has 0 spiro atoms. The highest BCUT2D eigenvalue weighted by atomic mass is 16.5. The monoisotopic (exact) mass is 340 g/mol. The number of nitriles is 1. The van der Waals surface area contributed by atoms with Crippen molar-refractivity contribution in [1.29, 1.82) is 5.26 Å². The minimum Gasteiger partial charge on any atom is -0.473 e. The summed E-state index contributed by atoms with van der Waals surface area (Å²) in [5.74, 6) is 0.396. The average molecular weight is 340 g/mol. The number of nitrogens with zero attached hydrogens (tertiary/aromatic N) is 3. The number of benzene rings is 1. The van der Waals surface area contributed by atoms with Crippen LogP contribution < -0.4 is 26.2 Å². The molecule has 0 unspecified atom stereocenters. The Hall–Kier alpha value is -3.15. The normalized spacial score (nSPS) is 9.96. The molecule has 1 aromatic carbocycles. The van der Waals surface area contributed by atoms with E-state index in [0.29, 0.717) is 24.6 Å². The Morgan fingerprint density at radius 2 is 2.12 bits per heavy atom. The van der Waals surface area contributed by atoms with E-state index in [4.69, 9.17) is 10.00 Å². The fourth-order valence-electron chi connectivity index (χ4n) is 2.34. The summed E-state index contributed by atoms with van der Waals surface area (Å²) in [4.78, 5) is 14.4. The van der Waals surface area contributed by atoms with Gasteiger partial charge in [0.05, 0.1) is 5.69 Å². The van der Waals surface area contributed by atoms with Crippen LogP contribution in [0.1, 0.15) is 23.7 Å². The third kappa shape index (κ3) is 4.91. The first-order valence-electron chi connectivity index (χ1n) is 7.73. The molecule has 0 aliphatic carbocycles. The molecule has 0 radical (unpaired) electrons. The number of aromatic nitrogens is 1. The van der Waals surface area contributed by atoms with Crippen LogP contribution in [0.25, 0.3) is 0 Å². The zero-order valence-electron chi connectivity index (χ0n) is 14.1. The number of rotatable bonds is 9. The largest absolute Gasteiger partial charge is 0.473 e. The van der Waals surface area contributed by atoms with Gasteiger partial charge in [0.25, 0.3) is 0 Å². The second-order valence-electron chi connectivity index (χ2n) is 5.09. The number of amides is 1. The van der Waals surface area contributed by atoms with Crippen LogP contribution in [0.15, 0.2) is 36.4 Å². The molecule has 2 rings (SSSR count). The molecular weight excluding hydrogens is 320 g/mol. The molecule has 2 aromatic rings. The summed E-state index contributed by atoms with van der Waals surface area (Å²) in [6.07, 6.45) is 1.37. The van der Waals surface area contributed by atoms with E-state index in [0.717, 1.165) is 23.2 Å². The molecule has 0 aliphatic heterocycles. The molecule has 0 fully saturated rings. The van der Waals surface area contributed by atoms with Crippen LogP contribution in [0.2, 0.25) is 0 Å². The predicted octanol–water partition coefficient (Wildman–Crippen LogP) is 1.20. The molecule has 3 N–H and O–H groups in total. The van der Waals surface area contributed by atoms with E-state index in [9.17, 15) is 4.79 Å². The fraction of sp³-hybridized carbons (Fsp3) is 0.235. The third-order valence-electron chi connectivity index (χ3n) is 3.55. The van der Waals surface area contributed by atoms with E-state index in [-0.39, 0.29) is 0 Å². The number of carbonyl (C=O) groups is 1. The lowest BCUT2D eigenvalue weighted by Crippen LogP contribution is -2.51. The van der Waals surface area contributed by atoms with Crippen molar-refractivity contribution in [2.24, 2.45) is 0 Å². The van der Waals surface area contributed by atoms with Crippen molar-refractivity contribution in [3.05, 3.63) is 53.2 Å². The van der Waals surface area contributed by atoms with Gasteiger partial charge < -0.3 is 4.74 Å². The molecule has 0 saturated carbocycles. The molecule has 8 heteroatoms. The topological polar surface area (TPSA) is 102 Å². The summed E-state index contributed by atoms with van der Waals surface area (Å²) in [6.45, 7) is 2.37. The number of carbonyl (C=O) groups excluding carboxylic acids is 1. The number of hydrazine groups is 3. The van der Waals surface area contributed by atoms with Gasteiger partial charge in [0.15, 0.2) is 0 Å². The van der Waals surface area contributed by atoms with Crippen LogP contribution in [0.3, 0.4) is 0 Å². The zero-order chi connectivity index (χ0) is 18.1. The smallest absolute Gasteiger partial charge is 0.222 e. The number of hydrogen-bond donors (Lipinski definition) is 3. The minimum atomic E-state index is 0.300. The summed E-state index contributed by atoms with van der Waals surface area (Å²) < 4.78 is 5.78. The lowest BCUT2D eigenvalue weighted by Gasteiger charge is -2.24. The maximum atomic E-state index is 10.3. The number of pyridine rings is 1. The Balaban J connectivity index is 2.19. The molecule has 0 bridgehead atoms. The number of aryl methyl sites for hydroxylation is 1. The Kier molecular flexibility index (Phi) is 6.71. The van der Waals surface area contributed by atoms with E-state index in [1.54, 1.807) is 23.2 Å². The van der Waals surface area contributed by atoms with Gasteiger partial charge in [-0.1, -0.05) is 25.1 Å². The van der Waals surface area contributed by atoms with Gasteiger partial charge in [-0.25, -0.2) is 4.98 Å². The van der Waals surface area contributed by atoms with E-state index >= 15 is 0 Å². The second-order valence-corrected chi connectivity index (χ2v) is 5.09. The number of ether oxygens (including phenoxy) is 1. The van der Waals surface area contributed by atoms with Crippen LogP contribution >= 0.6 is 0 Å². The third-order valence-corrected chi connectivity index (χ3v) is 3.55. The maximum absolute atomic E-state index is 10.3.